The number of nitrogens with zero attached hydrogens (tertiary/aromatic N) is 1. The maximum atomic E-state index is 6.03. The number of benzene rings is 2. The molecule has 0 bridgehead atoms. The number of anilines is 1. The van der Waals surface area contributed by atoms with Gasteiger partial charge in [-0.1, -0.05) is 6.92 Å². The van der Waals surface area contributed by atoms with Crippen LogP contribution < -0.4 is 10.1 Å². The van der Waals surface area contributed by atoms with Crippen molar-refractivity contribution in [2.75, 3.05) is 11.9 Å². The molecule has 0 unspecified atom stereocenters. The third-order valence-corrected chi connectivity index (χ3v) is 5.64. The predicted molar refractivity (Wildman–Crippen MR) is 110 cm³/mol. The number of hydrogen-bond donors (Lipinski definition) is 1. The van der Waals surface area contributed by atoms with E-state index < -0.39 is 0 Å². The molecule has 0 aliphatic carbocycles. The van der Waals surface area contributed by atoms with Gasteiger partial charge in [0.15, 0.2) is 0 Å². The lowest BCUT2D eigenvalue weighted by Crippen LogP contribution is -1.99. The molecule has 23 heavy (non-hydrogen) atoms. The van der Waals surface area contributed by atoms with E-state index in [0.717, 1.165) is 49.3 Å². The van der Waals surface area contributed by atoms with E-state index in [1.165, 1.54) is 0 Å². The SMILES string of the molecule is CCCN=CNc1cc(C)c(Oc2ccc(I)c(Br)c2)cc1C. The Morgan fingerprint density at radius 3 is 2.70 bits per heavy atom. The van der Waals surface area contributed by atoms with E-state index in [2.05, 4.69) is 74.8 Å². The van der Waals surface area contributed by atoms with Gasteiger partial charge in [-0.25, -0.2) is 0 Å². The molecular weight excluding hydrogens is 467 g/mol. The van der Waals surface area contributed by atoms with Crippen LogP contribution in [0, 0.1) is 17.4 Å². The van der Waals surface area contributed by atoms with Crippen LogP contribution in [0.1, 0.15) is 24.5 Å². The standard InChI is InChI=1S/C18H20BrIN2O/c1-4-7-21-11-22-17-8-13(3)18(9-12(17)2)23-14-5-6-16(20)15(19)10-14/h5-6,8-11H,4,7H2,1-3H3,(H,21,22). The van der Waals surface area contributed by atoms with Crippen molar-refractivity contribution >= 4 is 50.5 Å². The van der Waals surface area contributed by atoms with Crippen LogP contribution in [-0.4, -0.2) is 12.9 Å². The fourth-order valence-corrected chi connectivity index (χ4v) is 2.72. The fourth-order valence-electron chi connectivity index (χ4n) is 2.03. The van der Waals surface area contributed by atoms with E-state index in [9.17, 15) is 0 Å². The Bertz CT molecular complexity index is 716. The van der Waals surface area contributed by atoms with Gasteiger partial charge < -0.3 is 10.1 Å². The average molecular weight is 487 g/mol. The molecule has 0 amide bonds. The lowest BCUT2D eigenvalue weighted by atomic mass is 10.1. The summed E-state index contributed by atoms with van der Waals surface area (Å²) in [4.78, 5) is 4.29. The highest BCUT2D eigenvalue weighted by atomic mass is 127. The molecule has 1 N–H and O–H groups in total. The Hall–Kier alpha value is -1.08. The van der Waals surface area contributed by atoms with Crippen LogP contribution in [0.5, 0.6) is 11.5 Å². The molecule has 0 fully saturated rings. The third kappa shape index (κ3) is 5.21. The minimum absolute atomic E-state index is 0.824. The van der Waals surface area contributed by atoms with Crippen molar-refractivity contribution in [2.45, 2.75) is 27.2 Å². The topological polar surface area (TPSA) is 33.6 Å². The molecule has 2 rings (SSSR count). The Labute approximate surface area is 159 Å². The van der Waals surface area contributed by atoms with E-state index >= 15 is 0 Å². The normalized spacial score (nSPS) is 11.0. The van der Waals surface area contributed by atoms with Crippen molar-refractivity contribution in [1.29, 1.82) is 0 Å². The van der Waals surface area contributed by atoms with Gasteiger partial charge in [0.1, 0.15) is 11.5 Å². The molecule has 2 aromatic rings. The first-order valence-electron chi connectivity index (χ1n) is 7.50. The van der Waals surface area contributed by atoms with Crippen LogP contribution >= 0.6 is 38.5 Å². The molecular formula is C18H20BrIN2O. The van der Waals surface area contributed by atoms with Crippen molar-refractivity contribution in [3.8, 4) is 11.5 Å². The van der Waals surface area contributed by atoms with Crippen LogP contribution in [-0.2, 0) is 0 Å². The number of halogens is 2. The lowest BCUT2D eigenvalue weighted by Gasteiger charge is -2.13. The smallest absolute Gasteiger partial charge is 0.130 e. The van der Waals surface area contributed by atoms with E-state index in [1.807, 2.05) is 25.1 Å². The number of aryl methyl sites for hydroxylation is 2. The summed E-state index contributed by atoms with van der Waals surface area (Å²) in [5.74, 6) is 1.69. The molecule has 0 aliphatic rings. The quantitative estimate of drug-likeness (QED) is 0.294. The van der Waals surface area contributed by atoms with Crippen LogP contribution in [0.4, 0.5) is 5.69 Å². The maximum Gasteiger partial charge on any atom is 0.130 e. The number of rotatable bonds is 6. The van der Waals surface area contributed by atoms with Crippen LogP contribution in [0.2, 0.25) is 0 Å². The Morgan fingerprint density at radius 2 is 2.00 bits per heavy atom. The molecule has 122 valence electrons. The van der Waals surface area contributed by atoms with E-state index in [4.69, 9.17) is 4.74 Å². The Kier molecular flexibility index (Phi) is 6.89. The molecule has 0 aliphatic heterocycles. The van der Waals surface area contributed by atoms with E-state index in [0.29, 0.717) is 0 Å². The zero-order valence-electron chi connectivity index (χ0n) is 13.5. The Morgan fingerprint density at radius 1 is 1.22 bits per heavy atom. The highest BCUT2D eigenvalue weighted by Gasteiger charge is 2.07. The van der Waals surface area contributed by atoms with Gasteiger partial charge in [-0.3, -0.25) is 4.99 Å². The number of ether oxygens (including phenoxy) is 1. The first kappa shape index (κ1) is 18.3. The van der Waals surface area contributed by atoms with Crippen LogP contribution in [0.25, 0.3) is 0 Å². The van der Waals surface area contributed by atoms with Gasteiger partial charge >= 0.3 is 0 Å². The Balaban J connectivity index is 2.17. The van der Waals surface area contributed by atoms with E-state index in [1.54, 1.807) is 6.34 Å². The van der Waals surface area contributed by atoms with Crippen molar-refractivity contribution in [2.24, 2.45) is 4.99 Å². The summed E-state index contributed by atoms with van der Waals surface area (Å²) >= 11 is 5.82. The summed E-state index contributed by atoms with van der Waals surface area (Å²) in [7, 11) is 0. The van der Waals surface area contributed by atoms with Gasteiger partial charge in [0.05, 0.1) is 6.34 Å². The highest BCUT2D eigenvalue weighted by molar-refractivity contribution is 14.1. The van der Waals surface area contributed by atoms with E-state index in [-0.39, 0.29) is 0 Å². The summed E-state index contributed by atoms with van der Waals surface area (Å²) in [6, 6.07) is 10.1. The number of aliphatic imine (C=N–C) groups is 1. The summed E-state index contributed by atoms with van der Waals surface area (Å²) in [5.41, 5.74) is 3.26. The highest BCUT2D eigenvalue weighted by Crippen LogP contribution is 2.32. The first-order chi connectivity index (χ1) is 11.0. The van der Waals surface area contributed by atoms with Gasteiger partial charge in [0.2, 0.25) is 0 Å². The molecule has 0 saturated heterocycles. The molecule has 0 atom stereocenters. The average Bonchev–Trinajstić information content (AvgIpc) is 2.52. The summed E-state index contributed by atoms with van der Waals surface area (Å²) < 4.78 is 8.23. The van der Waals surface area contributed by atoms with Gasteiger partial charge in [-0.15, -0.1) is 0 Å². The summed E-state index contributed by atoms with van der Waals surface area (Å²) in [5, 5.41) is 3.24. The molecule has 0 saturated carbocycles. The predicted octanol–water partition coefficient (Wildman–Crippen LogP) is 6.31. The van der Waals surface area contributed by atoms with Gasteiger partial charge in [-0.05, 0) is 100 Å². The number of hydrogen-bond acceptors (Lipinski definition) is 2. The first-order valence-corrected chi connectivity index (χ1v) is 9.37. The molecule has 0 heterocycles. The largest absolute Gasteiger partial charge is 0.457 e. The van der Waals surface area contributed by atoms with Crippen molar-refractivity contribution in [1.82, 2.24) is 0 Å². The zero-order valence-corrected chi connectivity index (χ0v) is 17.2. The second-order valence-corrected chi connectivity index (χ2v) is 7.31. The molecule has 0 aromatic heterocycles. The van der Waals surface area contributed by atoms with Crippen molar-refractivity contribution < 1.29 is 4.74 Å². The maximum absolute atomic E-state index is 6.03. The fraction of sp³-hybridized carbons (Fsp3) is 0.278. The minimum atomic E-state index is 0.824. The summed E-state index contributed by atoms with van der Waals surface area (Å²) in [6.07, 6.45) is 2.82. The summed E-state index contributed by atoms with van der Waals surface area (Å²) in [6.45, 7) is 7.06. The second kappa shape index (κ2) is 8.68. The van der Waals surface area contributed by atoms with Crippen LogP contribution in [0.15, 0.2) is 39.8 Å². The third-order valence-electron chi connectivity index (χ3n) is 3.30. The van der Waals surface area contributed by atoms with Gasteiger partial charge in [0, 0.05) is 20.3 Å². The molecule has 2 aromatic carbocycles. The van der Waals surface area contributed by atoms with Crippen LogP contribution in [0.3, 0.4) is 0 Å². The van der Waals surface area contributed by atoms with Crippen molar-refractivity contribution in [3.63, 3.8) is 0 Å². The lowest BCUT2D eigenvalue weighted by molar-refractivity contribution is 0.478. The molecule has 0 radical (unpaired) electrons. The monoisotopic (exact) mass is 486 g/mol. The number of nitrogens with one attached hydrogen (secondary N) is 1. The van der Waals surface area contributed by atoms with Gasteiger partial charge in [0.25, 0.3) is 0 Å². The van der Waals surface area contributed by atoms with Gasteiger partial charge in [-0.2, -0.15) is 0 Å². The zero-order chi connectivity index (χ0) is 16.8. The molecule has 3 nitrogen and oxygen atoms in total. The second-order valence-electron chi connectivity index (χ2n) is 5.29. The molecule has 5 heteroatoms. The minimum Gasteiger partial charge on any atom is -0.457 e. The molecule has 0 spiro atoms. The van der Waals surface area contributed by atoms with Crippen molar-refractivity contribution in [3.05, 3.63) is 49.5 Å².